The zero-order valence-electron chi connectivity index (χ0n) is 15.9. The average molecular weight is 388 g/mol. The van der Waals surface area contributed by atoms with E-state index in [1.54, 1.807) is 48.5 Å². The topological polar surface area (TPSA) is 60.9 Å². The van der Waals surface area contributed by atoms with Crippen molar-refractivity contribution in [3.8, 4) is 0 Å². The Morgan fingerprint density at radius 2 is 1.63 bits per heavy atom. The maximum Gasteiger partial charge on any atom is 0.264 e. The Hall–Kier alpha value is -2.38. The van der Waals surface area contributed by atoms with Gasteiger partial charge in [0, 0.05) is 38.8 Å². The molecule has 3 rings (SSSR count). The molecule has 144 valence electrons. The van der Waals surface area contributed by atoms with E-state index in [-0.39, 0.29) is 10.8 Å². The molecule has 1 heterocycles. The van der Waals surface area contributed by atoms with E-state index in [0.717, 1.165) is 18.7 Å². The van der Waals surface area contributed by atoms with Gasteiger partial charge in [0.05, 0.1) is 10.6 Å². The van der Waals surface area contributed by atoms with Crippen LogP contribution in [0.3, 0.4) is 0 Å². The second-order valence-electron chi connectivity index (χ2n) is 6.93. The van der Waals surface area contributed by atoms with Crippen LogP contribution in [0.25, 0.3) is 0 Å². The molecule has 7 heteroatoms. The SMILES string of the molecule is Cc1ccc(S(=O)(=O)N(C)c2cccc(C(=O)N3CCN(C)CC3)c2)cc1. The Morgan fingerprint density at radius 3 is 2.26 bits per heavy atom. The first-order chi connectivity index (χ1) is 12.8. The normalized spacial score (nSPS) is 15.6. The molecular formula is C20H25N3O3S. The summed E-state index contributed by atoms with van der Waals surface area (Å²) in [6.07, 6.45) is 0. The van der Waals surface area contributed by atoms with Crippen LogP contribution in [0.5, 0.6) is 0 Å². The second-order valence-corrected chi connectivity index (χ2v) is 8.90. The largest absolute Gasteiger partial charge is 0.336 e. The van der Waals surface area contributed by atoms with Gasteiger partial charge in [-0.25, -0.2) is 8.42 Å². The number of carbonyl (C=O) groups is 1. The van der Waals surface area contributed by atoms with Crippen molar-refractivity contribution < 1.29 is 13.2 Å². The van der Waals surface area contributed by atoms with Crippen LogP contribution in [0, 0.1) is 6.92 Å². The third-order valence-corrected chi connectivity index (χ3v) is 6.73. The van der Waals surface area contributed by atoms with Crippen LogP contribution in [0.2, 0.25) is 0 Å². The van der Waals surface area contributed by atoms with Gasteiger partial charge in [0.1, 0.15) is 0 Å². The van der Waals surface area contributed by atoms with Gasteiger partial charge in [-0.05, 0) is 44.3 Å². The van der Waals surface area contributed by atoms with Gasteiger partial charge in [0.2, 0.25) is 0 Å². The van der Waals surface area contributed by atoms with Crippen LogP contribution in [-0.2, 0) is 10.0 Å². The van der Waals surface area contributed by atoms with Gasteiger partial charge in [-0.1, -0.05) is 23.8 Å². The van der Waals surface area contributed by atoms with Gasteiger partial charge in [0.15, 0.2) is 0 Å². The van der Waals surface area contributed by atoms with Crippen molar-refractivity contribution in [2.24, 2.45) is 0 Å². The third kappa shape index (κ3) is 4.14. The van der Waals surface area contributed by atoms with Crippen molar-refractivity contribution in [3.63, 3.8) is 0 Å². The summed E-state index contributed by atoms with van der Waals surface area (Å²) in [5, 5.41) is 0. The number of rotatable bonds is 4. The summed E-state index contributed by atoms with van der Waals surface area (Å²) in [7, 11) is -0.138. The smallest absolute Gasteiger partial charge is 0.264 e. The fourth-order valence-electron chi connectivity index (χ4n) is 3.03. The highest BCUT2D eigenvalue weighted by Crippen LogP contribution is 2.24. The predicted molar refractivity (Wildman–Crippen MR) is 107 cm³/mol. The number of sulfonamides is 1. The number of piperazine rings is 1. The molecule has 0 aromatic heterocycles. The highest BCUT2D eigenvalue weighted by molar-refractivity contribution is 7.92. The van der Waals surface area contributed by atoms with Crippen molar-refractivity contribution in [2.45, 2.75) is 11.8 Å². The Bertz CT molecular complexity index is 918. The Labute approximate surface area is 161 Å². The highest BCUT2D eigenvalue weighted by atomic mass is 32.2. The zero-order chi connectivity index (χ0) is 19.6. The molecule has 27 heavy (non-hydrogen) atoms. The number of benzene rings is 2. The van der Waals surface area contributed by atoms with Gasteiger partial charge in [-0.15, -0.1) is 0 Å². The van der Waals surface area contributed by atoms with Gasteiger partial charge in [-0.3, -0.25) is 9.10 Å². The molecule has 0 N–H and O–H groups in total. The van der Waals surface area contributed by atoms with Gasteiger partial charge < -0.3 is 9.80 Å². The lowest BCUT2D eigenvalue weighted by atomic mass is 10.1. The van der Waals surface area contributed by atoms with E-state index in [0.29, 0.717) is 24.3 Å². The Morgan fingerprint density at radius 1 is 1.00 bits per heavy atom. The van der Waals surface area contributed by atoms with Crippen molar-refractivity contribution in [1.29, 1.82) is 0 Å². The first kappa shape index (κ1) is 19.4. The van der Waals surface area contributed by atoms with E-state index in [9.17, 15) is 13.2 Å². The molecule has 0 unspecified atom stereocenters. The molecule has 2 aromatic carbocycles. The molecule has 1 aliphatic rings. The zero-order valence-corrected chi connectivity index (χ0v) is 16.7. The van der Waals surface area contributed by atoms with Crippen LogP contribution < -0.4 is 4.31 Å². The lowest BCUT2D eigenvalue weighted by molar-refractivity contribution is 0.0664. The van der Waals surface area contributed by atoms with E-state index < -0.39 is 10.0 Å². The molecule has 0 saturated carbocycles. The number of likely N-dealkylation sites (N-methyl/N-ethyl adjacent to an activating group) is 1. The molecule has 1 saturated heterocycles. The summed E-state index contributed by atoms with van der Waals surface area (Å²) >= 11 is 0. The van der Waals surface area contributed by atoms with Crippen LogP contribution in [0.15, 0.2) is 53.4 Å². The monoisotopic (exact) mass is 387 g/mol. The fourth-order valence-corrected chi connectivity index (χ4v) is 4.22. The first-order valence-electron chi connectivity index (χ1n) is 8.92. The van der Waals surface area contributed by atoms with Crippen LogP contribution in [0.1, 0.15) is 15.9 Å². The fraction of sp³-hybridized carbons (Fsp3) is 0.350. The average Bonchev–Trinajstić information content (AvgIpc) is 2.68. The summed E-state index contributed by atoms with van der Waals surface area (Å²) < 4.78 is 27.0. The summed E-state index contributed by atoms with van der Waals surface area (Å²) in [6.45, 7) is 4.95. The minimum absolute atomic E-state index is 0.0638. The maximum absolute atomic E-state index is 12.9. The summed E-state index contributed by atoms with van der Waals surface area (Å²) in [5.74, 6) is -0.0638. The number of hydrogen-bond acceptors (Lipinski definition) is 4. The van der Waals surface area contributed by atoms with Crippen molar-refractivity contribution in [3.05, 3.63) is 59.7 Å². The van der Waals surface area contributed by atoms with Crippen LogP contribution >= 0.6 is 0 Å². The van der Waals surface area contributed by atoms with Crippen LogP contribution in [0.4, 0.5) is 5.69 Å². The van der Waals surface area contributed by atoms with E-state index in [4.69, 9.17) is 0 Å². The molecule has 0 radical (unpaired) electrons. The number of anilines is 1. The third-order valence-electron chi connectivity index (χ3n) is 4.93. The van der Waals surface area contributed by atoms with E-state index in [1.165, 1.54) is 11.4 Å². The molecule has 1 amide bonds. The molecule has 0 aliphatic carbocycles. The quantitative estimate of drug-likeness (QED) is 0.807. The summed E-state index contributed by atoms with van der Waals surface area (Å²) in [4.78, 5) is 17.0. The lowest BCUT2D eigenvalue weighted by Gasteiger charge is -2.32. The molecule has 0 atom stereocenters. The van der Waals surface area contributed by atoms with Crippen LogP contribution in [-0.4, -0.2) is 64.4 Å². The van der Waals surface area contributed by atoms with E-state index in [1.807, 2.05) is 18.9 Å². The van der Waals surface area contributed by atoms with E-state index in [2.05, 4.69) is 4.90 Å². The maximum atomic E-state index is 12.9. The lowest BCUT2D eigenvalue weighted by Crippen LogP contribution is -2.47. The molecule has 6 nitrogen and oxygen atoms in total. The van der Waals surface area contributed by atoms with E-state index >= 15 is 0 Å². The number of aryl methyl sites for hydroxylation is 1. The summed E-state index contributed by atoms with van der Waals surface area (Å²) in [6, 6.07) is 13.5. The Balaban J connectivity index is 1.84. The number of amides is 1. The van der Waals surface area contributed by atoms with Gasteiger partial charge in [-0.2, -0.15) is 0 Å². The minimum Gasteiger partial charge on any atom is -0.336 e. The molecule has 0 spiro atoms. The van der Waals surface area contributed by atoms with Crippen molar-refractivity contribution in [1.82, 2.24) is 9.80 Å². The number of hydrogen-bond donors (Lipinski definition) is 0. The number of carbonyl (C=O) groups excluding carboxylic acids is 1. The first-order valence-corrected chi connectivity index (χ1v) is 10.4. The second kappa shape index (κ2) is 7.70. The number of nitrogens with zero attached hydrogens (tertiary/aromatic N) is 3. The molecular weight excluding hydrogens is 362 g/mol. The molecule has 1 aliphatic heterocycles. The van der Waals surface area contributed by atoms with Gasteiger partial charge >= 0.3 is 0 Å². The molecule has 2 aromatic rings. The Kier molecular flexibility index (Phi) is 5.53. The van der Waals surface area contributed by atoms with Gasteiger partial charge in [0.25, 0.3) is 15.9 Å². The summed E-state index contributed by atoms with van der Waals surface area (Å²) in [5.41, 5.74) is 1.97. The molecule has 0 bridgehead atoms. The molecule has 1 fully saturated rings. The standard InChI is InChI=1S/C20H25N3O3S/c1-16-7-9-19(10-8-16)27(25,26)22(3)18-6-4-5-17(15-18)20(24)23-13-11-21(2)12-14-23/h4-10,15H,11-14H2,1-3H3. The highest BCUT2D eigenvalue weighted by Gasteiger charge is 2.24. The van der Waals surface area contributed by atoms with Crippen molar-refractivity contribution >= 4 is 21.6 Å². The predicted octanol–water partition coefficient (Wildman–Crippen LogP) is 2.21. The minimum atomic E-state index is -3.68. The van der Waals surface area contributed by atoms with Crippen molar-refractivity contribution in [2.75, 3.05) is 44.6 Å².